The summed E-state index contributed by atoms with van der Waals surface area (Å²) >= 11 is 0. The Bertz CT molecular complexity index is 1130. The maximum absolute atomic E-state index is 10.9. The molecule has 3 aromatic rings. The summed E-state index contributed by atoms with van der Waals surface area (Å²) in [7, 11) is 1.67. The van der Waals surface area contributed by atoms with Gasteiger partial charge in [0.05, 0.1) is 20.3 Å². The molecule has 0 atom stereocenters. The SMILES string of the molecule is COc1ccc2c3c(cc(O)c2c1C)C(C)(C)c1cc(N2CCOCC2)ccc1-3. The van der Waals surface area contributed by atoms with Crippen molar-refractivity contribution >= 4 is 16.5 Å². The van der Waals surface area contributed by atoms with E-state index in [9.17, 15) is 5.11 Å². The van der Waals surface area contributed by atoms with E-state index in [1.807, 2.05) is 19.1 Å². The zero-order valence-electron chi connectivity index (χ0n) is 17.5. The molecular weight excluding hydrogens is 362 g/mol. The number of aromatic hydroxyl groups is 1. The number of nitrogens with zero attached hydrogens (tertiary/aromatic N) is 1. The number of anilines is 1. The molecule has 0 radical (unpaired) electrons. The minimum absolute atomic E-state index is 0.174. The minimum atomic E-state index is -0.174. The number of aryl methyl sites for hydroxylation is 1. The van der Waals surface area contributed by atoms with E-state index in [4.69, 9.17) is 9.47 Å². The Hall–Kier alpha value is -2.72. The molecule has 4 heteroatoms. The summed E-state index contributed by atoms with van der Waals surface area (Å²) in [5.74, 6) is 1.12. The summed E-state index contributed by atoms with van der Waals surface area (Å²) in [6.07, 6.45) is 0. The summed E-state index contributed by atoms with van der Waals surface area (Å²) < 4.78 is 11.0. The first-order valence-electron chi connectivity index (χ1n) is 10.2. The van der Waals surface area contributed by atoms with Gasteiger partial charge in [0.1, 0.15) is 11.5 Å². The molecule has 1 saturated heterocycles. The molecule has 0 spiro atoms. The highest BCUT2D eigenvalue weighted by Crippen LogP contribution is 2.54. The van der Waals surface area contributed by atoms with Gasteiger partial charge in [-0.1, -0.05) is 19.9 Å². The Kier molecular flexibility index (Phi) is 4.04. The van der Waals surface area contributed by atoms with E-state index >= 15 is 0 Å². The minimum Gasteiger partial charge on any atom is -0.507 e. The average Bonchev–Trinajstić information content (AvgIpc) is 2.95. The number of morpholine rings is 1. The van der Waals surface area contributed by atoms with Gasteiger partial charge in [0, 0.05) is 35.1 Å². The molecule has 5 rings (SSSR count). The van der Waals surface area contributed by atoms with E-state index in [2.05, 4.69) is 43.0 Å². The second-order valence-corrected chi connectivity index (χ2v) is 8.59. The molecule has 0 saturated carbocycles. The van der Waals surface area contributed by atoms with Gasteiger partial charge in [0.2, 0.25) is 0 Å². The number of phenols is 1. The second kappa shape index (κ2) is 6.39. The third kappa shape index (κ3) is 2.55. The standard InChI is InChI=1S/C25H27NO3/c1-15-22(28-4)8-7-18-23(15)21(27)14-20-24(18)17-6-5-16(13-19(17)25(20,2)3)26-9-11-29-12-10-26/h5-8,13-14,27H,9-12H2,1-4H3. The van der Waals surface area contributed by atoms with Crippen LogP contribution in [-0.4, -0.2) is 38.5 Å². The highest BCUT2D eigenvalue weighted by atomic mass is 16.5. The first kappa shape index (κ1) is 18.3. The van der Waals surface area contributed by atoms with Gasteiger partial charge >= 0.3 is 0 Å². The van der Waals surface area contributed by atoms with Crippen molar-refractivity contribution in [3.8, 4) is 22.6 Å². The van der Waals surface area contributed by atoms with E-state index in [1.54, 1.807) is 7.11 Å². The van der Waals surface area contributed by atoms with Gasteiger partial charge in [-0.2, -0.15) is 0 Å². The van der Waals surface area contributed by atoms with Gasteiger partial charge < -0.3 is 19.5 Å². The molecule has 1 aliphatic heterocycles. The Morgan fingerprint density at radius 3 is 2.52 bits per heavy atom. The van der Waals surface area contributed by atoms with Crippen LogP contribution < -0.4 is 9.64 Å². The molecule has 150 valence electrons. The Balaban J connectivity index is 1.75. The predicted molar refractivity (Wildman–Crippen MR) is 117 cm³/mol. The molecule has 0 unspecified atom stereocenters. The van der Waals surface area contributed by atoms with E-state index in [0.29, 0.717) is 5.75 Å². The van der Waals surface area contributed by atoms with E-state index in [-0.39, 0.29) is 5.41 Å². The van der Waals surface area contributed by atoms with Crippen molar-refractivity contribution in [1.82, 2.24) is 0 Å². The molecule has 1 aliphatic carbocycles. The van der Waals surface area contributed by atoms with Gasteiger partial charge in [0.25, 0.3) is 0 Å². The van der Waals surface area contributed by atoms with Crippen LogP contribution in [0.1, 0.15) is 30.5 Å². The molecule has 29 heavy (non-hydrogen) atoms. The second-order valence-electron chi connectivity index (χ2n) is 8.59. The topological polar surface area (TPSA) is 41.9 Å². The summed E-state index contributed by atoms with van der Waals surface area (Å²) in [6, 6.07) is 12.9. The van der Waals surface area contributed by atoms with Crippen molar-refractivity contribution < 1.29 is 14.6 Å². The van der Waals surface area contributed by atoms with Crippen LogP contribution >= 0.6 is 0 Å². The van der Waals surface area contributed by atoms with Crippen LogP contribution in [0.2, 0.25) is 0 Å². The first-order valence-corrected chi connectivity index (χ1v) is 10.2. The number of methoxy groups -OCH3 is 1. The molecule has 0 amide bonds. The van der Waals surface area contributed by atoms with Crippen molar-refractivity contribution in [1.29, 1.82) is 0 Å². The fourth-order valence-electron chi connectivity index (χ4n) is 5.09. The molecule has 3 aromatic carbocycles. The van der Waals surface area contributed by atoms with Gasteiger partial charge in [0.15, 0.2) is 0 Å². The fraction of sp³-hybridized carbons (Fsp3) is 0.360. The lowest BCUT2D eigenvalue weighted by Crippen LogP contribution is -2.36. The Morgan fingerprint density at radius 2 is 1.79 bits per heavy atom. The molecule has 2 aliphatic rings. The summed E-state index contributed by atoms with van der Waals surface area (Å²) in [5.41, 5.74) is 7.04. The Morgan fingerprint density at radius 1 is 1.03 bits per heavy atom. The van der Waals surface area contributed by atoms with Gasteiger partial charge in [-0.05, 0) is 64.9 Å². The van der Waals surface area contributed by atoms with Crippen LogP contribution in [0.3, 0.4) is 0 Å². The zero-order chi connectivity index (χ0) is 20.3. The molecule has 1 heterocycles. The van der Waals surface area contributed by atoms with Crippen molar-refractivity contribution in [2.75, 3.05) is 38.3 Å². The molecular formula is C25H27NO3. The molecule has 1 N–H and O–H groups in total. The van der Waals surface area contributed by atoms with Crippen molar-refractivity contribution in [3.05, 3.63) is 53.1 Å². The normalized spacial score (nSPS) is 17.3. The van der Waals surface area contributed by atoms with Crippen LogP contribution in [-0.2, 0) is 10.2 Å². The van der Waals surface area contributed by atoms with Gasteiger partial charge in [-0.15, -0.1) is 0 Å². The third-order valence-corrected chi connectivity index (χ3v) is 6.71. The summed E-state index contributed by atoms with van der Waals surface area (Å²) in [5, 5.41) is 12.9. The van der Waals surface area contributed by atoms with Crippen LogP contribution in [0.15, 0.2) is 36.4 Å². The number of hydrogen-bond donors (Lipinski definition) is 1. The largest absolute Gasteiger partial charge is 0.507 e. The highest BCUT2D eigenvalue weighted by Gasteiger charge is 2.38. The summed E-state index contributed by atoms with van der Waals surface area (Å²) in [4.78, 5) is 2.40. The lowest BCUT2D eigenvalue weighted by atomic mass is 9.81. The van der Waals surface area contributed by atoms with Crippen LogP contribution in [0.4, 0.5) is 5.69 Å². The number of ether oxygens (including phenoxy) is 2. The Labute approximate surface area is 171 Å². The van der Waals surface area contributed by atoms with E-state index in [1.165, 1.54) is 27.9 Å². The van der Waals surface area contributed by atoms with Crippen molar-refractivity contribution in [3.63, 3.8) is 0 Å². The maximum atomic E-state index is 10.9. The lowest BCUT2D eigenvalue weighted by Gasteiger charge is -2.30. The molecule has 0 aromatic heterocycles. The van der Waals surface area contributed by atoms with Gasteiger partial charge in [-0.25, -0.2) is 0 Å². The predicted octanol–water partition coefficient (Wildman–Crippen LogP) is 5.01. The monoisotopic (exact) mass is 389 g/mol. The van der Waals surface area contributed by atoms with E-state index < -0.39 is 0 Å². The maximum Gasteiger partial charge on any atom is 0.124 e. The van der Waals surface area contributed by atoms with Crippen LogP contribution in [0, 0.1) is 6.92 Å². The highest BCUT2D eigenvalue weighted by molar-refractivity contribution is 6.07. The third-order valence-electron chi connectivity index (χ3n) is 6.71. The summed E-state index contributed by atoms with van der Waals surface area (Å²) in [6.45, 7) is 9.92. The quantitative estimate of drug-likeness (QED) is 0.669. The van der Waals surface area contributed by atoms with Crippen LogP contribution in [0.5, 0.6) is 11.5 Å². The smallest absolute Gasteiger partial charge is 0.124 e. The first-order chi connectivity index (χ1) is 13.9. The fourth-order valence-corrected chi connectivity index (χ4v) is 5.09. The molecule has 1 fully saturated rings. The number of hydrogen-bond acceptors (Lipinski definition) is 4. The number of rotatable bonds is 2. The van der Waals surface area contributed by atoms with Crippen molar-refractivity contribution in [2.24, 2.45) is 0 Å². The van der Waals surface area contributed by atoms with Crippen LogP contribution in [0.25, 0.3) is 21.9 Å². The average molecular weight is 389 g/mol. The number of fused-ring (bicyclic) bond motifs is 5. The number of phenolic OH excluding ortho intramolecular Hbond substituents is 1. The lowest BCUT2D eigenvalue weighted by molar-refractivity contribution is 0.122. The van der Waals surface area contributed by atoms with Crippen molar-refractivity contribution in [2.45, 2.75) is 26.2 Å². The molecule has 4 nitrogen and oxygen atoms in total. The number of benzene rings is 3. The zero-order valence-corrected chi connectivity index (χ0v) is 17.5. The van der Waals surface area contributed by atoms with E-state index in [0.717, 1.165) is 48.4 Å². The van der Waals surface area contributed by atoms with Gasteiger partial charge in [-0.3, -0.25) is 0 Å². The molecule has 0 bridgehead atoms.